The Morgan fingerprint density at radius 2 is 1.55 bits per heavy atom. The van der Waals surface area contributed by atoms with Crippen molar-refractivity contribution in [3.05, 3.63) is 101 Å². The van der Waals surface area contributed by atoms with Gasteiger partial charge in [-0.15, -0.1) is 0 Å². The first kappa shape index (κ1) is 30.8. The number of amides is 3. The lowest BCUT2D eigenvalue weighted by Gasteiger charge is -2.35. The van der Waals surface area contributed by atoms with Crippen LogP contribution in [-0.4, -0.2) is 40.5 Å². The Morgan fingerprint density at radius 3 is 2.12 bits per heavy atom. The lowest BCUT2D eigenvalue weighted by molar-refractivity contribution is -0.141. The van der Waals surface area contributed by atoms with Crippen molar-refractivity contribution in [1.82, 2.24) is 10.2 Å². The van der Waals surface area contributed by atoms with E-state index in [2.05, 4.69) is 17.6 Å². The molecule has 222 valence electrons. The molecule has 0 heterocycles. The largest absolute Gasteiger partial charge is 0.444 e. The van der Waals surface area contributed by atoms with Crippen molar-refractivity contribution in [1.29, 1.82) is 0 Å². The van der Waals surface area contributed by atoms with Gasteiger partial charge in [-0.25, -0.2) is 4.79 Å². The molecule has 3 aromatic carbocycles. The minimum atomic E-state index is -0.935. The zero-order valence-corrected chi connectivity index (χ0v) is 25.7. The number of para-hydroxylation sites is 1. The molecule has 0 spiro atoms. The zero-order chi connectivity index (χ0) is 30.6. The lowest BCUT2D eigenvalue weighted by atomic mass is 9.98. The molecule has 4 rings (SSSR count). The van der Waals surface area contributed by atoms with Crippen molar-refractivity contribution in [3.8, 4) is 0 Å². The van der Waals surface area contributed by atoms with E-state index in [0.717, 1.165) is 39.9 Å². The molecule has 1 aliphatic rings. The number of carbonyl (C=O) groups excluding carboxylic acids is 3. The van der Waals surface area contributed by atoms with Crippen LogP contribution < -0.4 is 10.6 Å². The number of nitrogens with one attached hydrogen (secondary N) is 2. The Kier molecular flexibility index (Phi) is 9.40. The monoisotopic (exact) mass is 569 g/mol. The summed E-state index contributed by atoms with van der Waals surface area (Å²) in [5, 5.41) is 5.99. The molecule has 4 atom stereocenters. The van der Waals surface area contributed by atoms with Crippen molar-refractivity contribution >= 4 is 23.6 Å². The molecule has 1 saturated carbocycles. The number of anilines is 1. The Balaban J connectivity index is 1.77. The highest BCUT2D eigenvalue weighted by Gasteiger charge is 2.48. The molecule has 3 amide bonds. The fourth-order valence-electron chi connectivity index (χ4n) is 5.33. The SMILES string of the molecule is Cc1cccc(C(C(=O)Nc2c(C)cccc2C)N(C(=O)C(Cc2ccccc2)NC(=O)OC(C)(C)C)C2CC2C)c1. The van der Waals surface area contributed by atoms with Gasteiger partial charge in [-0.1, -0.05) is 85.3 Å². The molecule has 42 heavy (non-hydrogen) atoms. The molecular weight excluding hydrogens is 526 g/mol. The average molecular weight is 570 g/mol. The molecular formula is C35H43N3O4. The molecule has 4 unspecified atom stereocenters. The molecule has 2 N–H and O–H groups in total. The van der Waals surface area contributed by atoms with Crippen molar-refractivity contribution in [2.45, 2.75) is 85.0 Å². The van der Waals surface area contributed by atoms with Crippen LogP contribution in [-0.2, 0) is 20.7 Å². The number of hydrogen-bond acceptors (Lipinski definition) is 4. The first-order valence-electron chi connectivity index (χ1n) is 14.6. The molecule has 3 aromatic rings. The van der Waals surface area contributed by atoms with Gasteiger partial charge < -0.3 is 20.3 Å². The third kappa shape index (κ3) is 7.78. The highest BCUT2D eigenvalue weighted by atomic mass is 16.6. The highest BCUT2D eigenvalue weighted by Crippen LogP contribution is 2.41. The standard InChI is InChI=1S/C35H43N3O4/c1-22-13-11-18-27(19-22)31(32(39)37-30-23(2)14-12-15-24(30)3)38(29-20-25(29)4)33(40)28(21-26-16-9-8-10-17-26)36-34(41)42-35(5,6)7/h8-19,25,28-29,31H,20-21H2,1-7H3,(H,36,41)(H,37,39). The molecule has 1 fully saturated rings. The smallest absolute Gasteiger partial charge is 0.408 e. The minimum absolute atomic E-state index is 0.148. The number of alkyl carbamates (subject to hydrolysis) is 1. The maximum atomic E-state index is 14.6. The molecule has 0 bridgehead atoms. The van der Waals surface area contributed by atoms with Crippen molar-refractivity contribution in [2.24, 2.45) is 5.92 Å². The number of ether oxygens (including phenoxy) is 1. The van der Waals surface area contributed by atoms with Gasteiger partial charge >= 0.3 is 6.09 Å². The van der Waals surface area contributed by atoms with E-state index in [-0.39, 0.29) is 30.2 Å². The molecule has 1 aliphatic carbocycles. The van der Waals surface area contributed by atoms with E-state index in [4.69, 9.17) is 4.74 Å². The van der Waals surface area contributed by atoms with Gasteiger partial charge in [0, 0.05) is 18.2 Å². The van der Waals surface area contributed by atoms with Crippen LogP contribution in [0.3, 0.4) is 0 Å². The molecule has 7 nitrogen and oxygen atoms in total. The topological polar surface area (TPSA) is 87.7 Å². The number of aryl methyl sites for hydroxylation is 3. The zero-order valence-electron chi connectivity index (χ0n) is 25.7. The van der Waals surface area contributed by atoms with E-state index in [1.54, 1.807) is 25.7 Å². The van der Waals surface area contributed by atoms with Crippen LogP contribution in [0.15, 0.2) is 72.8 Å². The van der Waals surface area contributed by atoms with E-state index < -0.39 is 23.8 Å². The summed E-state index contributed by atoms with van der Waals surface area (Å²) < 4.78 is 5.55. The summed E-state index contributed by atoms with van der Waals surface area (Å²) in [6.07, 6.45) is 0.359. The first-order valence-corrected chi connectivity index (χ1v) is 14.6. The normalized spacial score (nSPS) is 17.5. The summed E-state index contributed by atoms with van der Waals surface area (Å²) in [5.74, 6) is -0.392. The second-order valence-electron chi connectivity index (χ2n) is 12.5. The van der Waals surface area contributed by atoms with Crippen LogP contribution in [0.25, 0.3) is 0 Å². The van der Waals surface area contributed by atoms with Crippen molar-refractivity contribution in [2.75, 3.05) is 5.32 Å². The van der Waals surface area contributed by atoms with Gasteiger partial charge in [0.25, 0.3) is 5.91 Å². The number of hydrogen-bond donors (Lipinski definition) is 2. The Morgan fingerprint density at radius 1 is 0.929 bits per heavy atom. The molecule has 0 saturated heterocycles. The summed E-state index contributed by atoms with van der Waals surface area (Å²) in [7, 11) is 0. The van der Waals surface area contributed by atoms with Crippen LogP contribution in [0.1, 0.15) is 68.0 Å². The minimum Gasteiger partial charge on any atom is -0.444 e. The van der Waals surface area contributed by atoms with E-state index in [0.29, 0.717) is 0 Å². The number of nitrogens with zero attached hydrogens (tertiary/aromatic N) is 1. The van der Waals surface area contributed by atoms with Crippen molar-refractivity contribution in [3.63, 3.8) is 0 Å². The summed E-state index contributed by atoms with van der Waals surface area (Å²) in [6, 6.07) is 21.2. The fraction of sp³-hybridized carbons (Fsp3) is 0.400. The Hall–Kier alpha value is -4.13. The second kappa shape index (κ2) is 12.8. The summed E-state index contributed by atoms with van der Waals surface area (Å²) in [6.45, 7) is 13.3. The fourth-order valence-corrected chi connectivity index (χ4v) is 5.33. The molecule has 0 aliphatic heterocycles. The third-order valence-electron chi connectivity index (χ3n) is 7.56. The molecule has 0 aromatic heterocycles. The molecule has 0 radical (unpaired) electrons. The van der Waals surface area contributed by atoms with E-state index in [1.807, 2.05) is 93.6 Å². The lowest BCUT2D eigenvalue weighted by Crippen LogP contribution is -2.54. The van der Waals surface area contributed by atoms with Gasteiger partial charge in [-0.05, 0) is 76.1 Å². The van der Waals surface area contributed by atoms with Crippen LogP contribution >= 0.6 is 0 Å². The van der Waals surface area contributed by atoms with Crippen LogP contribution in [0.5, 0.6) is 0 Å². The summed E-state index contributed by atoms with van der Waals surface area (Å²) >= 11 is 0. The summed E-state index contributed by atoms with van der Waals surface area (Å²) in [4.78, 5) is 43.6. The maximum Gasteiger partial charge on any atom is 0.408 e. The predicted octanol–water partition coefficient (Wildman–Crippen LogP) is 6.66. The van der Waals surface area contributed by atoms with Crippen LogP contribution in [0, 0.1) is 26.7 Å². The van der Waals surface area contributed by atoms with Gasteiger partial charge in [0.2, 0.25) is 5.91 Å². The average Bonchev–Trinajstić information content (AvgIpc) is 3.63. The number of benzene rings is 3. The summed E-state index contributed by atoms with van der Waals surface area (Å²) in [5.41, 5.74) is 4.50. The van der Waals surface area contributed by atoms with Crippen LogP contribution in [0.4, 0.5) is 10.5 Å². The van der Waals surface area contributed by atoms with Crippen molar-refractivity contribution < 1.29 is 19.1 Å². The quantitative estimate of drug-likeness (QED) is 0.302. The van der Waals surface area contributed by atoms with Gasteiger partial charge in [0.05, 0.1) is 0 Å². The Labute approximate surface area is 249 Å². The predicted molar refractivity (Wildman–Crippen MR) is 166 cm³/mol. The van der Waals surface area contributed by atoms with E-state index in [9.17, 15) is 14.4 Å². The van der Waals surface area contributed by atoms with E-state index >= 15 is 0 Å². The van der Waals surface area contributed by atoms with Gasteiger partial charge in [-0.3, -0.25) is 9.59 Å². The number of rotatable bonds is 9. The Bertz CT molecular complexity index is 1410. The number of carbonyl (C=O) groups is 3. The third-order valence-corrected chi connectivity index (χ3v) is 7.56. The van der Waals surface area contributed by atoms with Gasteiger partial charge in [0.1, 0.15) is 17.7 Å². The highest BCUT2D eigenvalue weighted by molar-refractivity contribution is 6.00. The maximum absolute atomic E-state index is 14.6. The molecule has 7 heteroatoms. The van der Waals surface area contributed by atoms with Gasteiger partial charge in [-0.2, -0.15) is 0 Å². The van der Waals surface area contributed by atoms with Crippen LogP contribution in [0.2, 0.25) is 0 Å². The second-order valence-corrected chi connectivity index (χ2v) is 12.5. The first-order chi connectivity index (χ1) is 19.8. The van der Waals surface area contributed by atoms with Gasteiger partial charge in [0.15, 0.2) is 0 Å². The van der Waals surface area contributed by atoms with E-state index in [1.165, 1.54) is 0 Å².